The van der Waals surface area contributed by atoms with E-state index in [4.69, 9.17) is 21.1 Å². The molecule has 26 heavy (non-hydrogen) atoms. The van der Waals surface area contributed by atoms with Gasteiger partial charge in [-0.15, -0.1) is 0 Å². The summed E-state index contributed by atoms with van der Waals surface area (Å²) in [5, 5.41) is 10.6. The van der Waals surface area contributed by atoms with Gasteiger partial charge in [0.05, 0.1) is 0 Å². The van der Waals surface area contributed by atoms with E-state index in [1.807, 2.05) is 12.1 Å². The van der Waals surface area contributed by atoms with Gasteiger partial charge in [0.2, 0.25) is 6.79 Å². The predicted molar refractivity (Wildman–Crippen MR) is 102 cm³/mol. The lowest BCUT2D eigenvalue weighted by atomic mass is 9.96. The summed E-state index contributed by atoms with van der Waals surface area (Å²) in [5.41, 5.74) is 1.07. The van der Waals surface area contributed by atoms with Gasteiger partial charge in [0.15, 0.2) is 11.5 Å². The fourth-order valence-corrected chi connectivity index (χ4v) is 4.76. The van der Waals surface area contributed by atoms with E-state index in [1.165, 1.54) is 38.8 Å². The average molecular weight is 381 g/mol. The normalized spacial score (nSPS) is 27.0. The molecule has 0 saturated carbocycles. The summed E-state index contributed by atoms with van der Waals surface area (Å²) in [4.78, 5) is 5.03. The third kappa shape index (κ3) is 4.11. The van der Waals surface area contributed by atoms with Crippen LogP contribution in [0.1, 0.15) is 31.2 Å². The molecule has 0 amide bonds. The second-order valence-corrected chi connectivity index (χ2v) is 8.32. The standard InChI is InChI=1S/C20H29ClN2O3/c21-18-8-20-19(25-14-26-20)7-15(18)9-23-11-16(17(12-23)13-24)10-22-5-3-1-2-4-6-22/h7-8,16-17,24H,1-6,9-14H2/t16-,17-/m0/s1. The quantitative estimate of drug-likeness (QED) is 0.850. The summed E-state index contributed by atoms with van der Waals surface area (Å²) < 4.78 is 10.9. The first-order valence-electron chi connectivity index (χ1n) is 9.86. The Morgan fingerprint density at radius 3 is 2.38 bits per heavy atom. The predicted octanol–water partition coefficient (Wildman–Crippen LogP) is 2.99. The lowest BCUT2D eigenvalue weighted by Gasteiger charge is -2.26. The van der Waals surface area contributed by atoms with Gasteiger partial charge in [-0.25, -0.2) is 0 Å². The molecule has 1 N–H and O–H groups in total. The number of likely N-dealkylation sites (tertiary alicyclic amines) is 2. The molecule has 0 bridgehead atoms. The van der Waals surface area contributed by atoms with Crippen molar-refractivity contribution in [2.75, 3.05) is 46.1 Å². The molecular formula is C20H29ClN2O3. The second kappa shape index (κ2) is 8.34. The van der Waals surface area contributed by atoms with E-state index in [2.05, 4.69) is 9.80 Å². The molecule has 0 aliphatic carbocycles. The minimum Gasteiger partial charge on any atom is -0.454 e. The summed E-state index contributed by atoms with van der Waals surface area (Å²) in [7, 11) is 0. The molecule has 2 fully saturated rings. The van der Waals surface area contributed by atoms with E-state index in [1.54, 1.807) is 0 Å². The highest BCUT2D eigenvalue weighted by molar-refractivity contribution is 6.31. The van der Waals surface area contributed by atoms with Gasteiger partial charge in [0.1, 0.15) is 0 Å². The highest BCUT2D eigenvalue weighted by atomic mass is 35.5. The smallest absolute Gasteiger partial charge is 0.231 e. The van der Waals surface area contributed by atoms with Crippen LogP contribution in [0.15, 0.2) is 12.1 Å². The van der Waals surface area contributed by atoms with Gasteiger partial charge >= 0.3 is 0 Å². The molecule has 3 aliphatic rings. The van der Waals surface area contributed by atoms with Crippen LogP contribution >= 0.6 is 11.6 Å². The van der Waals surface area contributed by atoms with Crippen LogP contribution in [0.5, 0.6) is 11.5 Å². The molecule has 3 heterocycles. The molecule has 5 nitrogen and oxygen atoms in total. The van der Waals surface area contributed by atoms with Crippen LogP contribution in [-0.4, -0.2) is 61.0 Å². The number of nitrogens with zero attached hydrogens (tertiary/aromatic N) is 2. The summed E-state index contributed by atoms with van der Waals surface area (Å²) in [6, 6.07) is 3.86. The molecule has 1 aromatic rings. The first-order valence-corrected chi connectivity index (χ1v) is 10.2. The zero-order chi connectivity index (χ0) is 17.9. The molecule has 6 heteroatoms. The van der Waals surface area contributed by atoms with Crippen molar-refractivity contribution >= 4 is 11.6 Å². The zero-order valence-corrected chi connectivity index (χ0v) is 16.1. The Bertz CT molecular complexity index is 619. The van der Waals surface area contributed by atoms with Crippen molar-refractivity contribution in [1.29, 1.82) is 0 Å². The van der Waals surface area contributed by atoms with Crippen molar-refractivity contribution in [2.24, 2.45) is 11.8 Å². The Balaban J connectivity index is 1.39. The van der Waals surface area contributed by atoms with Crippen molar-refractivity contribution in [2.45, 2.75) is 32.2 Å². The maximum absolute atomic E-state index is 9.88. The Hall–Kier alpha value is -1.01. The number of aliphatic hydroxyl groups excluding tert-OH is 1. The van der Waals surface area contributed by atoms with Crippen molar-refractivity contribution in [3.63, 3.8) is 0 Å². The molecule has 2 atom stereocenters. The third-order valence-corrected chi connectivity index (χ3v) is 6.37. The topological polar surface area (TPSA) is 45.2 Å². The highest BCUT2D eigenvalue weighted by Crippen LogP contribution is 2.38. The van der Waals surface area contributed by atoms with Gasteiger partial charge in [-0.1, -0.05) is 24.4 Å². The molecule has 2 saturated heterocycles. The van der Waals surface area contributed by atoms with Crippen LogP contribution < -0.4 is 9.47 Å². The lowest BCUT2D eigenvalue weighted by Crippen LogP contribution is -2.34. The number of hydrogen-bond acceptors (Lipinski definition) is 5. The number of ether oxygens (including phenoxy) is 2. The van der Waals surface area contributed by atoms with E-state index in [-0.39, 0.29) is 13.4 Å². The highest BCUT2D eigenvalue weighted by Gasteiger charge is 2.34. The van der Waals surface area contributed by atoms with Gasteiger partial charge in [0.25, 0.3) is 0 Å². The van der Waals surface area contributed by atoms with Crippen LogP contribution in [0.25, 0.3) is 0 Å². The maximum atomic E-state index is 9.88. The van der Waals surface area contributed by atoms with Crippen LogP contribution in [0.4, 0.5) is 0 Å². The van der Waals surface area contributed by atoms with E-state index < -0.39 is 0 Å². The van der Waals surface area contributed by atoms with E-state index in [0.29, 0.717) is 11.8 Å². The fourth-order valence-electron chi connectivity index (χ4n) is 4.55. The molecule has 0 radical (unpaired) electrons. The zero-order valence-electron chi connectivity index (χ0n) is 15.3. The third-order valence-electron chi connectivity index (χ3n) is 6.01. The van der Waals surface area contributed by atoms with Crippen LogP contribution in [0, 0.1) is 11.8 Å². The van der Waals surface area contributed by atoms with Crippen molar-refractivity contribution in [3.8, 4) is 11.5 Å². The number of benzene rings is 1. The molecule has 0 spiro atoms. The number of aliphatic hydroxyl groups is 1. The Morgan fingerprint density at radius 1 is 0.962 bits per heavy atom. The number of halogens is 1. The van der Waals surface area contributed by atoms with Crippen LogP contribution in [-0.2, 0) is 6.54 Å². The van der Waals surface area contributed by atoms with Crippen LogP contribution in [0.2, 0.25) is 5.02 Å². The van der Waals surface area contributed by atoms with Crippen molar-refractivity contribution in [3.05, 3.63) is 22.7 Å². The Labute approximate surface area is 160 Å². The number of rotatable bonds is 5. The van der Waals surface area contributed by atoms with E-state index in [0.717, 1.165) is 48.3 Å². The average Bonchev–Trinajstić information content (AvgIpc) is 3.14. The minimum atomic E-state index is 0.267. The maximum Gasteiger partial charge on any atom is 0.231 e. The summed E-state index contributed by atoms with van der Waals surface area (Å²) in [6.07, 6.45) is 5.35. The van der Waals surface area contributed by atoms with Gasteiger partial charge < -0.3 is 19.5 Å². The molecule has 4 rings (SSSR count). The molecule has 144 valence electrons. The van der Waals surface area contributed by atoms with Gasteiger partial charge in [-0.2, -0.15) is 0 Å². The minimum absolute atomic E-state index is 0.267. The van der Waals surface area contributed by atoms with E-state index in [9.17, 15) is 5.11 Å². The Kier molecular flexibility index (Phi) is 5.89. The monoisotopic (exact) mass is 380 g/mol. The van der Waals surface area contributed by atoms with Gasteiger partial charge in [-0.3, -0.25) is 4.90 Å². The van der Waals surface area contributed by atoms with Crippen molar-refractivity contribution in [1.82, 2.24) is 9.80 Å². The Morgan fingerprint density at radius 2 is 1.65 bits per heavy atom. The second-order valence-electron chi connectivity index (χ2n) is 7.91. The molecular weight excluding hydrogens is 352 g/mol. The first kappa shape index (κ1) is 18.4. The van der Waals surface area contributed by atoms with Crippen LogP contribution in [0.3, 0.4) is 0 Å². The van der Waals surface area contributed by atoms with Gasteiger partial charge in [-0.05, 0) is 49.4 Å². The van der Waals surface area contributed by atoms with Crippen molar-refractivity contribution < 1.29 is 14.6 Å². The SMILES string of the molecule is OC[C@@H]1CN(Cc2cc3c(cc2Cl)OCO3)C[C@@H]1CN1CCCCCC1. The lowest BCUT2D eigenvalue weighted by molar-refractivity contribution is 0.165. The largest absolute Gasteiger partial charge is 0.454 e. The molecule has 3 aliphatic heterocycles. The summed E-state index contributed by atoms with van der Waals surface area (Å²) in [5.74, 6) is 2.40. The summed E-state index contributed by atoms with van der Waals surface area (Å²) >= 11 is 6.45. The fraction of sp³-hybridized carbons (Fsp3) is 0.700. The van der Waals surface area contributed by atoms with E-state index >= 15 is 0 Å². The molecule has 0 aromatic heterocycles. The first-order chi connectivity index (χ1) is 12.7. The molecule has 1 aromatic carbocycles. The van der Waals surface area contributed by atoms with Gasteiger partial charge in [0, 0.05) is 43.9 Å². The summed E-state index contributed by atoms with van der Waals surface area (Å²) in [6.45, 7) is 6.81. The number of fused-ring (bicyclic) bond motifs is 1. The molecule has 0 unspecified atom stereocenters. The number of hydrogen-bond donors (Lipinski definition) is 1.